The van der Waals surface area contributed by atoms with E-state index in [1.165, 1.54) is 11.1 Å². The number of piperidine rings is 1. The van der Waals surface area contributed by atoms with Gasteiger partial charge >= 0.3 is 0 Å². The van der Waals surface area contributed by atoms with E-state index in [2.05, 4.69) is 42.2 Å². The van der Waals surface area contributed by atoms with Crippen molar-refractivity contribution in [2.24, 2.45) is 0 Å². The molecule has 30 heavy (non-hydrogen) atoms. The molecule has 2 aliphatic rings. The van der Waals surface area contributed by atoms with Crippen LogP contribution in [-0.2, 0) is 22.4 Å². The van der Waals surface area contributed by atoms with Gasteiger partial charge in [0.25, 0.3) is 0 Å². The van der Waals surface area contributed by atoms with Crippen molar-refractivity contribution in [1.29, 1.82) is 0 Å². The van der Waals surface area contributed by atoms with E-state index in [1.807, 2.05) is 4.90 Å². The third-order valence-electron chi connectivity index (χ3n) is 6.28. The van der Waals surface area contributed by atoms with Crippen LogP contribution >= 0.6 is 0 Å². The molecule has 1 atom stereocenters. The van der Waals surface area contributed by atoms with Gasteiger partial charge in [0.2, 0.25) is 5.91 Å². The van der Waals surface area contributed by atoms with Gasteiger partial charge in [-0.2, -0.15) is 0 Å². The standard InChI is InChI=1S/C24H32N4O2/c1-18-21-11-7-13-27(15-12-19-8-4-3-5-9-19)24(21)26-23(25-18)20-10-6-14-28(16-20)22(29)17-30-2/h3-5,8-9,20H,6-7,10-17H2,1-2H3. The summed E-state index contributed by atoms with van der Waals surface area (Å²) in [5.41, 5.74) is 3.75. The second-order valence-corrected chi connectivity index (χ2v) is 8.41. The van der Waals surface area contributed by atoms with Gasteiger partial charge in [0.15, 0.2) is 0 Å². The molecule has 0 saturated carbocycles. The minimum absolute atomic E-state index is 0.0568. The monoisotopic (exact) mass is 408 g/mol. The average molecular weight is 409 g/mol. The molecule has 0 radical (unpaired) electrons. The lowest BCUT2D eigenvalue weighted by atomic mass is 9.96. The van der Waals surface area contributed by atoms with Crippen LogP contribution < -0.4 is 4.90 Å². The molecule has 6 heteroatoms. The van der Waals surface area contributed by atoms with E-state index in [4.69, 9.17) is 14.7 Å². The van der Waals surface area contributed by atoms with Crippen LogP contribution in [0.1, 0.15) is 47.8 Å². The van der Waals surface area contributed by atoms with Crippen LogP contribution in [0.2, 0.25) is 0 Å². The van der Waals surface area contributed by atoms with Crippen LogP contribution in [0, 0.1) is 6.92 Å². The molecular weight excluding hydrogens is 376 g/mol. The van der Waals surface area contributed by atoms with E-state index < -0.39 is 0 Å². The number of carbonyl (C=O) groups is 1. The van der Waals surface area contributed by atoms with Gasteiger partial charge < -0.3 is 14.5 Å². The van der Waals surface area contributed by atoms with Gasteiger partial charge in [-0.1, -0.05) is 30.3 Å². The Morgan fingerprint density at radius 2 is 2.00 bits per heavy atom. The van der Waals surface area contributed by atoms with Gasteiger partial charge in [-0.05, 0) is 44.6 Å². The fourth-order valence-electron chi connectivity index (χ4n) is 4.65. The minimum Gasteiger partial charge on any atom is -0.375 e. The molecule has 1 aromatic heterocycles. The Morgan fingerprint density at radius 3 is 2.80 bits per heavy atom. The summed E-state index contributed by atoms with van der Waals surface area (Å²) in [6.07, 6.45) is 5.22. The highest BCUT2D eigenvalue weighted by Crippen LogP contribution is 2.31. The normalized spacial score (nSPS) is 18.9. The van der Waals surface area contributed by atoms with Gasteiger partial charge in [-0.3, -0.25) is 4.79 Å². The first-order valence-electron chi connectivity index (χ1n) is 11.1. The van der Waals surface area contributed by atoms with E-state index >= 15 is 0 Å². The molecule has 1 amide bonds. The lowest BCUT2D eigenvalue weighted by Gasteiger charge is -2.34. The highest BCUT2D eigenvalue weighted by Gasteiger charge is 2.29. The van der Waals surface area contributed by atoms with Crippen molar-refractivity contribution < 1.29 is 9.53 Å². The first kappa shape index (κ1) is 20.8. The molecule has 1 saturated heterocycles. The molecular formula is C24H32N4O2. The predicted octanol–water partition coefficient (Wildman–Crippen LogP) is 3.13. The summed E-state index contributed by atoms with van der Waals surface area (Å²) < 4.78 is 5.04. The number of aromatic nitrogens is 2. The third-order valence-corrected chi connectivity index (χ3v) is 6.28. The first-order chi connectivity index (χ1) is 14.7. The van der Waals surface area contributed by atoms with Crippen molar-refractivity contribution in [1.82, 2.24) is 14.9 Å². The number of aryl methyl sites for hydroxylation is 1. The molecule has 3 heterocycles. The zero-order chi connectivity index (χ0) is 20.9. The Kier molecular flexibility index (Phi) is 6.62. The maximum Gasteiger partial charge on any atom is 0.248 e. The molecule has 1 aromatic carbocycles. The number of methoxy groups -OCH3 is 1. The van der Waals surface area contributed by atoms with Crippen molar-refractivity contribution in [3.63, 3.8) is 0 Å². The number of nitrogens with zero attached hydrogens (tertiary/aromatic N) is 4. The van der Waals surface area contributed by atoms with Crippen molar-refractivity contribution >= 4 is 11.7 Å². The number of carbonyl (C=O) groups excluding carboxylic acids is 1. The van der Waals surface area contributed by atoms with E-state index in [0.29, 0.717) is 6.54 Å². The average Bonchev–Trinajstić information content (AvgIpc) is 2.78. The zero-order valence-corrected chi connectivity index (χ0v) is 18.1. The van der Waals surface area contributed by atoms with Crippen molar-refractivity contribution in [3.8, 4) is 0 Å². The molecule has 0 bridgehead atoms. The van der Waals surface area contributed by atoms with Crippen LogP contribution in [0.4, 0.5) is 5.82 Å². The molecule has 0 spiro atoms. The second kappa shape index (κ2) is 9.56. The molecule has 4 rings (SSSR count). The summed E-state index contributed by atoms with van der Waals surface area (Å²) in [5.74, 6) is 2.26. The van der Waals surface area contributed by atoms with Crippen LogP contribution in [0.25, 0.3) is 0 Å². The van der Waals surface area contributed by atoms with Gasteiger partial charge in [0.05, 0.1) is 0 Å². The van der Waals surface area contributed by atoms with Crippen molar-refractivity contribution in [2.75, 3.05) is 44.8 Å². The smallest absolute Gasteiger partial charge is 0.248 e. The molecule has 1 unspecified atom stereocenters. The Labute approximate surface area is 179 Å². The van der Waals surface area contributed by atoms with Gasteiger partial charge in [-0.25, -0.2) is 9.97 Å². The van der Waals surface area contributed by atoms with Crippen molar-refractivity contribution in [3.05, 3.63) is 53.0 Å². The summed E-state index contributed by atoms with van der Waals surface area (Å²) in [6, 6.07) is 10.6. The fraction of sp³-hybridized carbons (Fsp3) is 0.542. The molecule has 2 aliphatic heterocycles. The molecule has 0 N–H and O–H groups in total. The minimum atomic E-state index is 0.0568. The zero-order valence-electron chi connectivity index (χ0n) is 18.1. The number of hydrogen-bond acceptors (Lipinski definition) is 5. The number of benzene rings is 1. The number of likely N-dealkylation sites (tertiary alicyclic amines) is 1. The third kappa shape index (κ3) is 4.64. The molecule has 6 nitrogen and oxygen atoms in total. The summed E-state index contributed by atoms with van der Waals surface area (Å²) in [5, 5.41) is 0. The fourth-order valence-corrected chi connectivity index (χ4v) is 4.65. The van der Waals surface area contributed by atoms with Crippen LogP contribution in [0.15, 0.2) is 30.3 Å². The maximum absolute atomic E-state index is 12.3. The van der Waals surface area contributed by atoms with E-state index in [9.17, 15) is 4.79 Å². The first-order valence-corrected chi connectivity index (χ1v) is 11.1. The molecule has 0 aliphatic carbocycles. The number of hydrogen-bond donors (Lipinski definition) is 0. The number of anilines is 1. The predicted molar refractivity (Wildman–Crippen MR) is 118 cm³/mol. The van der Waals surface area contributed by atoms with Gasteiger partial charge in [-0.15, -0.1) is 0 Å². The summed E-state index contributed by atoms with van der Waals surface area (Å²) in [7, 11) is 1.57. The summed E-state index contributed by atoms with van der Waals surface area (Å²) >= 11 is 0. The lowest BCUT2D eigenvalue weighted by molar-refractivity contribution is -0.136. The highest BCUT2D eigenvalue weighted by molar-refractivity contribution is 5.77. The number of ether oxygens (including phenoxy) is 1. The second-order valence-electron chi connectivity index (χ2n) is 8.41. The van der Waals surface area contributed by atoms with Gasteiger partial charge in [0, 0.05) is 50.5 Å². The van der Waals surface area contributed by atoms with Crippen LogP contribution in [0.3, 0.4) is 0 Å². The molecule has 1 fully saturated rings. The molecule has 2 aromatic rings. The largest absolute Gasteiger partial charge is 0.375 e. The topological polar surface area (TPSA) is 58.6 Å². The summed E-state index contributed by atoms with van der Waals surface area (Å²) in [6.45, 7) is 5.75. The van der Waals surface area contributed by atoms with E-state index in [1.54, 1.807) is 7.11 Å². The number of fused-ring (bicyclic) bond motifs is 1. The van der Waals surface area contributed by atoms with Crippen LogP contribution in [0.5, 0.6) is 0 Å². The van der Waals surface area contributed by atoms with E-state index in [-0.39, 0.29) is 18.4 Å². The Morgan fingerprint density at radius 1 is 1.17 bits per heavy atom. The Bertz CT molecular complexity index is 871. The van der Waals surface area contributed by atoms with E-state index in [0.717, 1.165) is 69.1 Å². The quantitative estimate of drug-likeness (QED) is 0.735. The van der Waals surface area contributed by atoms with Crippen molar-refractivity contribution in [2.45, 2.75) is 44.9 Å². The SMILES string of the molecule is COCC(=O)N1CCCC(c2nc(C)c3c(n2)N(CCc2ccccc2)CCC3)C1. The Hall–Kier alpha value is -2.47. The van der Waals surface area contributed by atoms with Crippen LogP contribution in [-0.4, -0.2) is 60.7 Å². The molecule has 160 valence electrons. The number of amides is 1. The summed E-state index contributed by atoms with van der Waals surface area (Å²) in [4.78, 5) is 26.6. The number of rotatable bonds is 6. The van der Waals surface area contributed by atoms with Gasteiger partial charge in [0.1, 0.15) is 18.2 Å². The Balaban J connectivity index is 1.53. The highest BCUT2D eigenvalue weighted by atomic mass is 16.5. The maximum atomic E-state index is 12.3. The lowest BCUT2D eigenvalue weighted by Crippen LogP contribution is -2.41.